The van der Waals surface area contributed by atoms with Crippen molar-refractivity contribution in [2.75, 3.05) is 4.90 Å². The van der Waals surface area contributed by atoms with Gasteiger partial charge in [0.1, 0.15) is 0 Å². The molecule has 0 aliphatic carbocycles. The monoisotopic (exact) mass is 495 g/mol. The van der Waals surface area contributed by atoms with Gasteiger partial charge in [0.2, 0.25) is 0 Å². The third kappa shape index (κ3) is 4.16. The fourth-order valence-electron chi connectivity index (χ4n) is 3.20. The molecule has 8 heteroatoms. The van der Waals surface area contributed by atoms with Gasteiger partial charge in [0.25, 0.3) is 5.91 Å². The molecule has 3 nitrogen and oxygen atoms in total. The van der Waals surface area contributed by atoms with E-state index in [0.717, 1.165) is 5.56 Å². The zero-order valence-electron chi connectivity index (χ0n) is 15.2. The van der Waals surface area contributed by atoms with Crippen LogP contribution in [0.4, 0.5) is 5.69 Å². The number of hydrogen-bond acceptors (Lipinski definition) is 3. The molecule has 0 fully saturated rings. The Kier molecular flexibility index (Phi) is 6.24. The van der Waals surface area contributed by atoms with Crippen LogP contribution in [0.3, 0.4) is 0 Å². The third-order valence-electron chi connectivity index (χ3n) is 4.55. The number of thioether (sulfide) groups is 1. The van der Waals surface area contributed by atoms with E-state index in [1.54, 1.807) is 54.6 Å². The van der Waals surface area contributed by atoms with Crippen molar-refractivity contribution in [3.05, 3.63) is 103 Å². The van der Waals surface area contributed by atoms with Gasteiger partial charge in [-0.15, -0.1) is 0 Å². The van der Waals surface area contributed by atoms with Crippen LogP contribution in [-0.4, -0.2) is 11.0 Å². The second-order valence-electron chi connectivity index (χ2n) is 6.50. The molecule has 3 aromatic carbocycles. The molecule has 152 valence electrons. The van der Waals surface area contributed by atoms with Crippen LogP contribution in [0.15, 0.2) is 82.3 Å². The number of carbonyl (C=O) groups is 1. The maximum atomic E-state index is 13.1. The molecule has 1 N–H and O–H groups in total. The summed E-state index contributed by atoms with van der Waals surface area (Å²) in [6.45, 7) is 0. The Morgan fingerprint density at radius 1 is 0.833 bits per heavy atom. The van der Waals surface area contributed by atoms with E-state index in [2.05, 4.69) is 0 Å². The van der Waals surface area contributed by atoms with Gasteiger partial charge >= 0.3 is 0 Å². The predicted molar refractivity (Wildman–Crippen MR) is 125 cm³/mol. The Morgan fingerprint density at radius 2 is 1.50 bits per heavy atom. The normalized spacial score (nSPS) is 16.5. The molecule has 4 rings (SSSR count). The first-order chi connectivity index (χ1) is 14.3. The van der Waals surface area contributed by atoms with Crippen LogP contribution in [-0.2, 0) is 4.79 Å². The molecule has 1 aliphatic rings. The molecule has 3 aromatic rings. The maximum absolute atomic E-state index is 13.1. The predicted octanol–water partition coefficient (Wildman–Crippen LogP) is 7.95. The lowest BCUT2D eigenvalue weighted by Gasteiger charge is -2.27. The van der Waals surface area contributed by atoms with Crippen LogP contribution in [0, 0.1) is 0 Å². The third-order valence-corrected chi connectivity index (χ3v) is 6.91. The van der Waals surface area contributed by atoms with E-state index in [1.807, 2.05) is 12.1 Å². The van der Waals surface area contributed by atoms with E-state index in [-0.39, 0.29) is 5.76 Å². The smallest absolute Gasteiger partial charge is 0.294 e. The average Bonchev–Trinajstić information content (AvgIpc) is 2.95. The van der Waals surface area contributed by atoms with Crippen LogP contribution in [0.2, 0.25) is 20.1 Å². The van der Waals surface area contributed by atoms with E-state index in [4.69, 9.17) is 46.4 Å². The van der Waals surface area contributed by atoms with Gasteiger partial charge in [-0.2, -0.15) is 0 Å². The first-order valence-electron chi connectivity index (χ1n) is 8.76. The molecule has 1 amide bonds. The number of nitrogens with zero attached hydrogens (tertiary/aromatic N) is 1. The number of benzene rings is 3. The number of amides is 1. The van der Waals surface area contributed by atoms with Crippen molar-refractivity contribution in [1.29, 1.82) is 0 Å². The molecule has 0 bridgehead atoms. The van der Waals surface area contributed by atoms with Crippen LogP contribution in [0.25, 0.3) is 0 Å². The van der Waals surface area contributed by atoms with Gasteiger partial charge < -0.3 is 5.11 Å². The molecule has 0 saturated carbocycles. The molecule has 1 heterocycles. The molecule has 0 spiro atoms. The standard InChI is InChI=1S/C22H13Cl4NO2S/c23-13-6-4-12(5-7-13)19-21(30-18-9-8-15(25)11-17(18)26)20(28)22(29)27(19)16-3-1-2-14(24)10-16/h1-11,19,28H. The minimum Gasteiger partial charge on any atom is -0.502 e. The summed E-state index contributed by atoms with van der Waals surface area (Å²) in [5.74, 6) is -0.865. The van der Waals surface area contributed by atoms with Crippen molar-refractivity contribution in [3.8, 4) is 0 Å². The lowest BCUT2D eigenvalue weighted by atomic mass is 10.1. The lowest BCUT2D eigenvalue weighted by molar-refractivity contribution is -0.117. The van der Waals surface area contributed by atoms with Gasteiger partial charge in [-0.3, -0.25) is 9.69 Å². The van der Waals surface area contributed by atoms with Crippen molar-refractivity contribution < 1.29 is 9.90 Å². The van der Waals surface area contributed by atoms with Gasteiger partial charge in [0.05, 0.1) is 16.0 Å². The highest BCUT2D eigenvalue weighted by atomic mass is 35.5. The van der Waals surface area contributed by atoms with Crippen LogP contribution in [0.5, 0.6) is 0 Å². The Labute approximate surface area is 197 Å². The molecule has 0 saturated heterocycles. The number of rotatable bonds is 4. The number of aliphatic hydroxyl groups is 1. The van der Waals surface area contributed by atoms with Gasteiger partial charge in [0.15, 0.2) is 5.76 Å². The Hall–Kier alpha value is -1.82. The zero-order valence-corrected chi connectivity index (χ0v) is 19.0. The molecular weight excluding hydrogens is 484 g/mol. The molecule has 0 aromatic heterocycles. The van der Waals surface area contributed by atoms with Crippen LogP contribution in [0.1, 0.15) is 11.6 Å². The quantitative estimate of drug-likeness (QED) is 0.398. The Bertz CT molecular complexity index is 1160. The molecule has 1 unspecified atom stereocenters. The SMILES string of the molecule is O=C1C(O)=C(Sc2ccc(Cl)cc2Cl)C(c2ccc(Cl)cc2)N1c1cccc(Cl)c1. The van der Waals surface area contributed by atoms with E-state index in [1.165, 1.54) is 16.7 Å². The summed E-state index contributed by atoms with van der Waals surface area (Å²) in [5, 5.41) is 12.8. The van der Waals surface area contributed by atoms with E-state index in [9.17, 15) is 9.90 Å². The van der Waals surface area contributed by atoms with Gasteiger partial charge in [-0.1, -0.05) is 76.4 Å². The van der Waals surface area contributed by atoms with Crippen molar-refractivity contribution in [3.63, 3.8) is 0 Å². The summed E-state index contributed by atoms with van der Waals surface area (Å²) in [6, 6.07) is 18.5. The Balaban J connectivity index is 1.83. The summed E-state index contributed by atoms with van der Waals surface area (Å²) in [6.07, 6.45) is 0. The van der Waals surface area contributed by atoms with Crippen LogP contribution >= 0.6 is 58.2 Å². The summed E-state index contributed by atoms with van der Waals surface area (Å²) < 4.78 is 0. The largest absolute Gasteiger partial charge is 0.502 e. The highest BCUT2D eigenvalue weighted by Gasteiger charge is 2.42. The average molecular weight is 497 g/mol. The van der Waals surface area contributed by atoms with E-state index < -0.39 is 11.9 Å². The minimum atomic E-state index is -0.579. The van der Waals surface area contributed by atoms with Crippen molar-refractivity contribution >= 4 is 69.8 Å². The molecule has 0 radical (unpaired) electrons. The summed E-state index contributed by atoms with van der Waals surface area (Å²) in [4.78, 5) is 15.7. The van der Waals surface area contributed by atoms with E-state index >= 15 is 0 Å². The van der Waals surface area contributed by atoms with Crippen LogP contribution < -0.4 is 4.90 Å². The number of anilines is 1. The maximum Gasteiger partial charge on any atom is 0.294 e. The topological polar surface area (TPSA) is 40.5 Å². The highest BCUT2D eigenvalue weighted by molar-refractivity contribution is 8.03. The van der Waals surface area contributed by atoms with Crippen molar-refractivity contribution in [2.45, 2.75) is 10.9 Å². The molecule has 30 heavy (non-hydrogen) atoms. The molecule has 1 aliphatic heterocycles. The number of carbonyl (C=O) groups excluding carboxylic acids is 1. The zero-order chi connectivity index (χ0) is 21.4. The fraction of sp³-hybridized carbons (Fsp3) is 0.0455. The highest BCUT2D eigenvalue weighted by Crippen LogP contribution is 2.49. The molecular formula is C22H13Cl4NO2S. The van der Waals surface area contributed by atoms with Gasteiger partial charge in [-0.25, -0.2) is 0 Å². The number of aliphatic hydroxyl groups excluding tert-OH is 1. The lowest BCUT2D eigenvalue weighted by Crippen LogP contribution is -2.30. The number of halogens is 4. The first kappa shape index (κ1) is 21.4. The first-order valence-corrected chi connectivity index (χ1v) is 11.1. The summed E-state index contributed by atoms with van der Waals surface area (Å²) >= 11 is 25.8. The molecule has 1 atom stereocenters. The van der Waals surface area contributed by atoms with Gasteiger partial charge in [-0.05, 0) is 54.1 Å². The van der Waals surface area contributed by atoms with Gasteiger partial charge in [0, 0.05) is 25.7 Å². The van der Waals surface area contributed by atoms with Crippen molar-refractivity contribution in [2.24, 2.45) is 0 Å². The summed E-state index contributed by atoms with van der Waals surface area (Å²) in [5.41, 5.74) is 1.35. The number of hydrogen-bond donors (Lipinski definition) is 1. The summed E-state index contributed by atoms with van der Waals surface area (Å²) in [7, 11) is 0. The van der Waals surface area contributed by atoms with Crippen molar-refractivity contribution in [1.82, 2.24) is 0 Å². The second-order valence-corrected chi connectivity index (χ2v) is 9.30. The Morgan fingerprint density at radius 3 is 2.17 bits per heavy atom. The fourth-order valence-corrected chi connectivity index (χ4v) is 5.10. The second kappa shape index (κ2) is 8.74. The van der Waals surface area contributed by atoms with E-state index in [0.29, 0.717) is 35.6 Å². The minimum absolute atomic E-state index is 0.342.